The van der Waals surface area contributed by atoms with Gasteiger partial charge in [0.2, 0.25) is 10.0 Å². The highest BCUT2D eigenvalue weighted by Crippen LogP contribution is 2.26. The first-order valence-electron chi connectivity index (χ1n) is 8.16. The Bertz CT molecular complexity index is 769. The molecule has 1 atom stereocenters. The molecule has 6 heteroatoms. The molecule has 2 aromatic carbocycles. The second kappa shape index (κ2) is 8.74. The van der Waals surface area contributed by atoms with Gasteiger partial charge in [-0.25, -0.2) is 13.1 Å². The van der Waals surface area contributed by atoms with Crippen molar-refractivity contribution in [3.8, 4) is 5.75 Å². The number of sulfonamides is 1. The molecule has 4 nitrogen and oxygen atoms in total. The molecule has 0 radical (unpaired) electrons. The standard InChI is InChI=1S/C19H25NO3S2/c1-14(2)13-19(15-5-7-16(23-3)8-6-15)20-25(21,22)18-11-9-17(24-4)10-12-18/h5-12,14,19-20H,13H2,1-4H3/t19-/m1/s1. The van der Waals surface area contributed by atoms with Crippen LogP contribution in [0.25, 0.3) is 0 Å². The molecule has 0 aliphatic heterocycles. The fraction of sp³-hybridized carbons (Fsp3) is 0.368. The first kappa shape index (κ1) is 19.8. The van der Waals surface area contributed by atoms with Gasteiger partial charge in [0.1, 0.15) is 5.75 Å². The highest BCUT2D eigenvalue weighted by atomic mass is 32.2. The third-order valence-corrected chi connectivity index (χ3v) is 6.12. The van der Waals surface area contributed by atoms with Gasteiger partial charge in [0, 0.05) is 10.9 Å². The predicted octanol–water partition coefficient (Wildman–Crippen LogP) is 4.48. The van der Waals surface area contributed by atoms with Gasteiger partial charge in [0.15, 0.2) is 0 Å². The van der Waals surface area contributed by atoms with E-state index < -0.39 is 10.0 Å². The number of hydrogen-bond donors (Lipinski definition) is 1. The van der Waals surface area contributed by atoms with Crippen LogP contribution in [0.15, 0.2) is 58.3 Å². The van der Waals surface area contributed by atoms with Gasteiger partial charge in [0.05, 0.1) is 12.0 Å². The Labute approximate surface area is 155 Å². The number of rotatable bonds is 8. The van der Waals surface area contributed by atoms with Gasteiger partial charge >= 0.3 is 0 Å². The van der Waals surface area contributed by atoms with E-state index in [0.29, 0.717) is 12.3 Å². The first-order chi connectivity index (χ1) is 11.9. The van der Waals surface area contributed by atoms with Gasteiger partial charge in [-0.2, -0.15) is 0 Å². The molecule has 0 bridgehead atoms. The summed E-state index contributed by atoms with van der Waals surface area (Å²) in [4.78, 5) is 1.32. The zero-order valence-electron chi connectivity index (χ0n) is 15.0. The Hall–Kier alpha value is -1.50. The van der Waals surface area contributed by atoms with Crippen molar-refractivity contribution in [3.05, 3.63) is 54.1 Å². The second-order valence-corrected chi connectivity index (χ2v) is 8.85. The SMILES string of the molecule is COc1ccc([C@@H](CC(C)C)NS(=O)(=O)c2ccc(SC)cc2)cc1. The molecule has 1 N–H and O–H groups in total. The van der Waals surface area contributed by atoms with Crippen molar-refractivity contribution in [1.29, 1.82) is 0 Å². The molecule has 0 unspecified atom stereocenters. The summed E-state index contributed by atoms with van der Waals surface area (Å²) in [5.74, 6) is 1.11. The Kier molecular flexibility index (Phi) is 6.93. The van der Waals surface area contributed by atoms with E-state index in [2.05, 4.69) is 18.6 Å². The Morgan fingerprint density at radius 1 is 1.04 bits per heavy atom. The molecule has 0 amide bonds. The van der Waals surface area contributed by atoms with E-state index in [4.69, 9.17) is 4.74 Å². The van der Waals surface area contributed by atoms with Crippen LogP contribution in [0.4, 0.5) is 0 Å². The lowest BCUT2D eigenvalue weighted by Gasteiger charge is -2.21. The van der Waals surface area contributed by atoms with Gasteiger partial charge in [-0.15, -0.1) is 11.8 Å². The minimum absolute atomic E-state index is 0.281. The van der Waals surface area contributed by atoms with Crippen LogP contribution in [-0.4, -0.2) is 21.8 Å². The summed E-state index contributed by atoms with van der Waals surface area (Å²) < 4.78 is 33.6. The van der Waals surface area contributed by atoms with E-state index >= 15 is 0 Å². The minimum atomic E-state index is -3.58. The second-order valence-electron chi connectivity index (χ2n) is 6.25. The molecular weight excluding hydrogens is 354 g/mol. The van der Waals surface area contributed by atoms with Crippen LogP contribution in [0.1, 0.15) is 31.9 Å². The van der Waals surface area contributed by atoms with Crippen molar-refractivity contribution < 1.29 is 13.2 Å². The van der Waals surface area contributed by atoms with Crippen molar-refractivity contribution in [2.75, 3.05) is 13.4 Å². The topological polar surface area (TPSA) is 55.4 Å². The van der Waals surface area contributed by atoms with Gasteiger partial charge in [-0.05, 0) is 60.6 Å². The van der Waals surface area contributed by atoms with E-state index in [9.17, 15) is 8.42 Å². The third-order valence-electron chi connectivity index (χ3n) is 3.89. The summed E-state index contributed by atoms with van der Waals surface area (Å²) in [6, 6.07) is 14.2. The van der Waals surface area contributed by atoms with Gasteiger partial charge < -0.3 is 4.74 Å². The van der Waals surface area contributed by atoms with Crippen molar-refractivity contribution in [3.63, 3.8) is 0 Å². The van der Waals surface area contributed by atoms with Gasteiger partial charge in [-0.3, -0.25) is 0 Å². The molecule has 0 aliphatic carbocycles. The zero-order valence-corrected chi connectivity index (χ0v) is 16.7. The smallest absolute Gasteiger partial charge is 0.241 e. The maximum absolute atomic E-state index is 12.8. The highest BCUT2D eigenvalue weighted by molar-refractivity contribution is 7.98. The molecular formula is C19H25NO3S2. The van der Waals surface area contributed by atoms with Crippen LogP contribution in [-0.2, 0) is 10.0 Å². The number of benzene rings is 2. The van der Waals surface area contributed by atoms with Crippen LogP contribution in [0.2, 0.25) is 0 Å². The van der Waals surface area contributed by atoms with Gasteiger partial charge in [0.25, 0.3) is 0 Å². The molecule has 2 rings (SSSR count). The fourth-order valence-electron chi connectivity index (χ4n) is 2.57. The van der Waals surface area contributed by atoms with Crippen molar-refractivity contribution in [2.24, 2.45) is 5.92 Å². The number of thioether (sulfide) groups is 1. The summed E-state index contributed by atoms with van der Waals surface area (Å²) in [7, 11) is -1.97. The normalized spacial score (nSPS) is 13.0. The van der Waals surface area contributed by atoms with E-state index in [1.54, 1.807) is 31.0 Å². The number of methoxy groups -OCH3 is 1. The van der Waals surface area contributed by atoms with Crippen LogP contribution >= 0.6 is 11.8 Å². The van der Waals surface area contributed by atoms with E-state index in [1.807, 2.05) is 42.7 Å². The quantitative estimate of drug-likeness (QED) is 0.687. The Balaban J connectivity index is 2.27. The molecule has 136 valence electrons. The Morgan fingerprint density at radius 3 is 2.12 bits per heavy atom. The molecule has 0 fully saturated rings. The minimum Gasteiger partial charge on any atom is -0.497 e. The fourth-order valence-corrected chi connectivity index (χ4v) is 4.22. The summed E-state index contributed by atoms with van der Waals surface area (Å²) in [6.07, 6.45) is 2.68. The molecule has 25 heavy (non-hydrogen) atoms. The highest BCUT2D eigenvalue weighted by Gasteiger charge is 2.22. The monoisotopic (exact) mass is 379 g/mol. The largest absolute Gasteiger partial charge is 0.497 e. The van der Waals surface area contributed by atoms with Crippen molar-refractivity contribution >= 4 is 21.8 Å². The molecule has 0 saturated carbocycles. The van der Waals surface area contributed by atoms with E-state index in [1.165, 1.54) is 0 Å². The summed E-state index contributed by atoms with van der Waals surface area (Å²) in [5, 5.41) is 0. The van der Waals surface area contributed by atoms with Crippen molar-refractivity contribution in [2.45, 2.75) is 36.1 Å². The van der Waals surface area contributed by atoms with Crippen molar-refractivity contribution in [1.82, 2.24) is 4.72 Å². The average Bonchev–Trinajstić information content (AvgIpc) is 2.60. The zero-order chi connectivity index (χ0) is 18.4. The molecule has 0 saturated heterocycles. The maximum atomic E-state index is 12.8. The lowest BCUT2D eigenvalue weighted by Crippen LogP contribution is -2.29. The molecule has 0 spiro atoms. The van der Waals surface area contributed by atoms with Crippen LogP contribution in [0, 0.1) is 5.92 Å². The van der Waals surface area contributed by atoms with Gasteiger partial charge in [-0.1, -0.05) is 26.0 Å². The Morgan fingerprint density at radius 2 is 1.64 bits per heavy atom. The van der Waals surface area contributed by atoms with Crippen LogP contribution in [0.5, 0.6) is 5.75 Å². The molecule has 0 heterocycles. The van der Waals surface area contributed by atoms with E-state index in [0.717, 1.165) is 16.2 Å². The van der Waals surface area contributed by atoms with E-state index in [-0.39, 0.29) is 10.9 Å². The number of ether oxygens (including phenoxy) is 1. The molecule has 0 aromatic heterocycles. The predicted molar refractivity (Wildman–Crippen MR) is 104 cm³/mol. The first-order valence-corrected chi connectivity index (χ1v) is 10.9. The summed E-state index contributed by atoms with van der Waals surface area (Å²) in [6.45, 7) is 4.16. The molecule has 2 aromatic rings. The number of nitrogens with one attached hydrogen (secondary N) is 1. The van der Waals surface area contributed by atoms with Crippen LogP contribution in [0.3, 0.4) is 0 Å². The lowest BCUT2D eigenvalue weighted by atomic mass is 9.98. The lowest BCUT2D eigenvalue weighted by molar-refractivity contribution is 0.414. The summed E-state index contributed by atoms with van der Waals surface area (Å²) in [5.41, 5.74) is 0.929. The summed E-state index contributed by atoms with van der Waals surface area (Å²) >= 11 is 1.58. The number of hydrogen-bond acceptors (Lipinski definition) is 4. The average molecular weight is 380 g/mol. The maximum Gasteiger partial charge on any atom is 0.241 e. The third kappa shape index (κ3) is 5.49. The van der Waals surface area contributed by atoms with Crippen LogP contribution < -0.4 is 9.46 Å². The molecule has 0 aliphatic rings.